The quantitative estimate of drug-likeness (QED) is 0.479. The Balaban J connectivity index is 2.42. The number of ether oxygens (including phenoxy) is 1. The largest absolute Gasteiger partial charge is 0.464 e. The molecule has 23 heavy (non-hydrogen) atoms. The van der Waals surface area contributed by atoms with E-state index in [1.165, 1.54) is 27.2 Å². The molecule has 1 aromatic rings. The summed E-state index contributed by atoms with van der Waals surface area (Å²) in [6.07, 6.45) is 1.66. The Kier molecular flexibility index (Phi) is 5.38. The van der Waals surface area contributed by atoms with Crippen molar-refractivity contribution in [3.8, 4) is 5.88 Å². The topological polar surface area (TPSA) is 51.7 Å². The van der Waals surface area contributed by atoms with Crippen LogP contribution >= 0.6 is 11.6 Å². The molecule has 1 unspecified atom stereocenters. The van der Waals surface area contributed by atoms with Gasteiger partial charge in [0.15, 0.2) is 6.10 Å². The van der Waals surface area contributed by atoms with Gasteiger partial charge in [-0.05, 0) is 31.4 Å². The van der Waals surface area contributed by atoms with Gasteiger partial charge in [-0.2, -0.15) is 0 Å². The van der Waals surface area contributed by atoms with Gasteiger partial charge in [-0.1, -0.05) is 24.3 Å². The lowest BCUT2D eigenvalue weighted by Crippen LogP contribution is -2.41. The third kappa shape index (κ3) is 3.54. The summed E-state index contributed by atoms with van der Waals surface area (Å²) in [4.78, 5) is 21.1. The Hall–Kier alpha value is -1.92. The van der Waals surface area contributed by atoms with Crippen LogP contribution < -0.4 is 4.74 Å². The van der Waals surface area contributed by atoms with E-state index in [4.69, 9.17) is 21.2 Å². The number of aromatic nitrogens is 1. The molecule has 0 fully saturated rings. The Morgan fingerprint density at radius 3 is 2.91 bits per heavy atom. The van der Waals surface area contributed by atoms with Gasteiger partial charge in [0.25, 0.3) is 5.91 Å². The highest BCUT2D eigenvalue weighted by Crippen LogP contribution is 2.36. The Morgan fingerprint density at radius 1 is 1.65 bits per heavy atom. The summed E-state index contributed by atoms with van der Waals surface area (Å²) in [5.41, 5.74) is 1.64. The minimum atomic E-state index is -0.714. The lowest BCUT2D eigenvalue weighted by atomic mass is 9.94. The van der Waals surface area contributed by atoms with Gasteiger partial charge in [0, 0.05) is 18.2 Å². The van der Waals surface area contributed by atoms with E-state index in [0.717, 1.165) is 5.06 Å². The van der Waals surface area contributed by atoms with Crippen LogP contribution in [0.5, 0.6) is 5.88 Å². The molecule has 0 radical (unpaired) electrons. The number of rotatable bonds is 4. The number of fused-ring (bicyclic) bond motifs is 1. The number of carbonyl (C=O) groups excluding carboxylic acids is 1. The van der Waals surface area contributed by atoms with Crippen molar-refractivity contribution < 1.29 is 18.8 Å². The molecule has 0 aromatic carbocycles. The van der Waals surface area contributed by atoms with E-state index in [-0.39, 0.29) is 22.8 Å². The predicted molar refractivity (Wildman–Crippen MR) is 85.7 cm³/mol. The van der Waals surface area contributed by atoms with Gasteiger partial charge in [-0.3, -0.25) is 9.63 Å². The normalized spacial score (nSPS) is 17.7. The first-order chi connectivity index (χ1) is 10.9. The third-order valence-electron chi connectivity index (χ3n) is 3.69. The average molecular weight is 341 g/mol. The van der Waals surface area contributed by atoms with E-state index in [2.05, 4.69) is 11.6 Å². The number of pyridine rings is 1. The molecule has 7 heteroatoms. The van der Waals surface area contributed by atoms with Crippen LogP contribution in [-0.4, -0.2) is 36.2 Å². The number of carbonyl (C=O) groups is 1. The molecule has 0 saturated carbocycles. The van der Waals surface area contributed by atoms with E-state index in [0.29, 0.717) is 29.5 Å². The molecule has 1 aliphatic heterocycles. The molecule has 5 nitrogen and oxygen atoms in total. The zero-order valence-corrected chi connectivity index (χ0v) is 14.0. The zero-order chi connectivity index (χ0) is 17.1. The minimum Gasteiger partial charge on any atom is -0.464 e. The van der Waals surface area contributed by atoms with Crippen LogP contribution in [-0.2, 0) is 16.1 Å². The number of halogens is 2. The summed E-state index contributed by atoms with van der Waals surface area (Å²) in [6.45, 7) is 4.98. The molecule has 0 spiro atoms. The van der Waals surface area contributed by atoms with Crippen molar-refractivity contribution in [2.75, 3.05) is 14.2 Å². The maximum Gasteiger partial charge on any atom is 0.286 e. The molecule has 1 aromatic heterocycles. The lowest BCUT2D eigenvalue weighted by molar-refractivity contribution is -0.177. The van der Waals surface area contributed by atoms with Crippen LogP contribution in [0, 0.1) is 0 Å². The lowest BCUT2D eigenvalue weighted by Gasteiger charge is -2.28. The van der Waals surface area contributed by atoms with Gasteiger partial charge >= 0.3 is 0 Å². The molecule has 2 rings (SSSR count). The highest BCUT2D eigenvalue weighted by Gasteiger charge is 2.31. The smallest absolute Gasteiger partial charge is 0.286 e. The van der Waals surface area contributed by atoms with Crippen molar-refractivity contribution in [3.63, 3.8) is 0 Å². The minimum absolute atomic E-state index is 0.160. The van der Waals surface area contributed by atoms with E-state index in [1.54, 1.807) is 6.07 Å². The molecule has 2 heterocycles. The summed E-state index contributed by atoms with van der Waals surface area (Å²) in [7, 11) is 2.90. The molecule has 1 aliphatic rings. The number of nitrogens with zero attached hydrogens (tertiary/aromatic N) is 2. The highest BCUT2D eigenvalue weighted by molar-refractivity contribution is 6.29. The molecule has 0 saturated heterocycles. The van der Waals surface area contributed by atoms with Crippen molar-refractivity contribution in [2.45, 2.75) is 25.9 Å². The second kappa shape index (κ2) is 7.10. The zero-order valence-electron chi connectivity index (χ0n) is 13.2. The molecule has 124 valence electrons. The second-order valence-corrected chi connectivity index (χ2v) is 5.48. The highest BCUT2D eigenvalue weighted by atomic mass is 35.5. The van der Waals surface area contributed by atoms with Crippen molar-refractivity contribution in [1.82, 2.24) is 10.0 Å². The Labute approximate surface area is 139 Å². The molecular weight excluding hydrogens is 323 g/mol. The Morgan fingerprint density at radius 2 is 2.35 bits per heavy atom. The monoisotopic (exact) mass is 340 g/mol. The van der Waals surface area contributed by atoms with Gasteiger partial charge in [0.1, 0.15) is 11.0 Å². The molecular formula is C16H18ClFN2O3. The number of allylic oxidation sites excluding steroid dienone is 3. The fourth-order valence-electron chi connectivity index (χ4n) is 2.47. The predicted octanol–water partition coefficient (Wildman–Crippen LogP) is 3.33. The van der Waals surface area contributed by atoms with E-state index < -0.39 is 6.10 Å². The first-order valence-corrected chi connectivity index (χ1v) is 7.43. The molecule has 1 atom stereocenters. The number of amides is 1. The van der Waals surface area contributed by atoms with Gasteiger partial charge in [0.05, 0.1) is 7.11 Å². The van der Waals surface area contributed by atoms with Crippen molar-refractivity contribution in [3.05, 3.63) is 40.8 Å². The van der Waals surface area contributed by atoms with Crippen LogP contribution in [0.15, 0.2) is 24.5 Å². The van der Waals surface area contributed by atoms with E-state index in [1.807, 2.05) is 0 Å². The summed E-state index contributed by atoms with van der Waals surface area (Å²) in [5.74, 6) is -0.452. The SMILES string of the molecule is C=C/C(=C(\C)F)c1cc(Cl)nc2c1CCC(C(=O)N(C)OC)O2. The standard InChI is InChI=1S/C16H18ClFN2O3/c1-5-10(9(2)18)12-8-14(17)19-15-11(12)6-7-13(23-15)16(21)20(3)22-4/h5,8,13H,1,6-7H2,2-4H3/b10-9-. The molecule has 0 N–H and O–H groups in total. The summed E-state index contributed by atoms with van der Waals surface area (Å²) >= 11 is 6.01. The van der Waals surface area contributed by atoms with Crippen LogP contribution in [0.25, 0.3) is 5.57 Å². The van der Waals surface area contributed by atoms with Gasteiger partial charge in [0.2, 0.25) is 5.88 Å². The maximum absolute atomic E-state index is 13.7. The number of hydroxylamine groups is 2. The van der Waals surface area contributed by atoms with Crippen molar-refractivity contribution >= 4 is 23.1 Å². The second-order valence-electron chi connectivity index (χ2n) is 5.09. The Bertz CT molecular complexity index is 672. The first-order valence-electron chi connectivity index (χ1n) is 7.06. The summed E-state index contributed by atoms with van der Waals surface area (Å²) in [5, 5.41) is 1.26. The summed E-state index contributed by atoms with van der Waals surface area (Å²) in [6, 6.07) is 1.58. The van der Waals surface area contributed by atoms with E-state index in [9.17, 15) is 9.18 Å². The molecule has 0 bridgehead atoms. The number of hydrogen-bond donors (Lipinski definition) is 0. The van der Waals surface area contributed by atoms with Crippen molar-refractivity contribution in [2.24, 2.45) is 0 Å². The first kappa shape index (κ1) is 17.4. The fraction of sp³-hybridized carbons (Fsp3) is 0.375. The number of likely N-dealkylation sites (N-methyl/N-ethyl adjacent to an activating group) is 1. The number of hydrogen-bond acceptors (Lipinski definition) is 4. The third-order valence-corrected chi connectivity index (χ3v) is 3.88. The van der Waals surface area contributed by atoms with Crippen LogP contribution in [0.3, 0.4) is 0 Å². The van der Waals surface area contributed by atoms with Gasteiger partial charge in [-0.15, -0.1) is 0 Å². The average Bonchev–Trinajstić information content (AvgIpc) is 2.52. The van der Waals surface area contributed by atoms with Gasteiger partial charge < -0.3 is 4.74 Å². The maximum atomic E-state index is 13.7. The van der Waals surface area contributed by atoms with Crippen LogP contribution in [0.1, 0.15) is 24.5 Å². The summed E-state index contributed by atoms with van der Waals surface area (Å²) < 4.78 is 19.4. The molecule has 0 aliphatic carbocycles. The van der Waals surface area contributed by atoms with Crippen LogP contribution in [0.2, 0.25) is 5.15 Å². The molecule has 1 amide bonds. The van der Waals surface area contributed by atoms with Crippen molar-refractivity contribution in [1.29, 1.82) is 0 Å². The van der Waals surface area contributed by atoms with E-state index >= 15 is 0 Å². The van der Waals surface area contributed by atoms with Crippen LogP contribution in [0.4, 0.5) is 4.39 Å². The fourth-order valence-corrected chi connectivity index (χ4v) is 2.66. The van der Waals surface area contributed by atoms with Gasteiger partial charge in [-0.25, -0.2) is 14.4 Å².